The van der Waals surface area contributed by atoms with E-state index >= 15 is 0 Å². The molecule has 124 valence electrons. The van der Waals surface area contributed by atoms with Crippen molar-refractivity contribution in [2.24, 2.45) is 0 Å². The van der Waals surface area contributed by atoms with Crippen molar-refractivity contribution in [3.8, 4) is 11.8 Å². The van der Waals surface area contributed by atoms with Crippen LogP contribution in [0.5, 0.6) is 0 Å². The van der Waals surface area contributed by atoms with Gasteiger partial charge >= 0.3 is 0 Å². The summed E-state index contributed by atoms with van der Waals surface area (Å²) in [6, 6.07) is 8.74. The van der Waals surface area contributed by atoms with Crippen molar-refractivity contribution in [2.75, 3.05) is 5.32 Å². The highest BCUT2D eigenvalue weighted by atomic mass is 35.5. The lowest BCUT2D eigenvalue weighted by Gasteiger charge is -2.05. The molecular formula is C20H21ClN2O. The van der Waals surface area contributed by atoms with Crippen LogP contribution in [0.25, 0.3) is 0 Å². The number of nitrogens with one attached hydrogen (secondary N) is 1. The van der Waals surface area contributed by atoms with Crippen LogP contribution in [0.2, 0.25) is 5.02 Å². The number of pyridine rings is 1. The van der Waals surface area contributed by atoms with E-state index in [9.17, 15) is 4.79 Å². The fraction of sp³-hybridized carbons (Fsp3) is 0.300. The maximum Gasteiger partial charge on any atom is 0.257 e. The number of nitrogens with zero attached hydrogens (tertiary/aromatic N) is 1. The number of halogens is 1. The second-order valence-electron chi connectivity index (χ2n) is 5.54. The molecule has 1 amide bonds. The molecule has 0 atom stereocenters. The van der Waals surface area contributed by atoms with Crippen LogP contribution in [0, 0.1) is 11.8 Å². The number of rotatable bonds is 6. The van der Waals surface area contributed by atoms with Crippen LogP contribution in [0.3, 0.4) is 0 Å². The molecule has 1 N–H and O–H groups in total. The van der Waals surface area contributed by atoms with Crippen molar-refractivity contribution in [2.45, 2.75) is 39.0 Å². The molecule has 0 fully saturated rings. The van der Waals surface area contributed by atoms with Crippen molar-refractivity contribution < 1.29 is 4.79 Å². The summed E-state index contributed by atoms with van der Waals surface area (Å²) < 4.78 is 0. The Morgan fingerprint density at radius 2 is 1.96 bits per heavy atom. The van der Waals surface area contributed by atoms with E-state index in [1.165, 1.54) is 25.5 Å². The van der Waals surface area contributed by atoms with E-state index in [0.29, 0.717) is 16.3 Å². The normalized spacial score (nSPS) is 9.92. The molecule has 0 saturated carbocycles. The summed E-state index contributed by atoms with van der Waals surface area (Å²) in [7, 11) is 0. The lowest BCUT2D eigenvalue weighted by molar-refractivity contribution is 0.102. The monoisotopic (exact) mass is 340 g/mol. The van der Waals surface area contributed by atoms with Gasteiger partial charge in [0.1, 0.15) is 0 Å². The summed E-state index contributed by atoms with van der Waals surface area (Å²) in [6.45, 7) is 2.19. The van der Waals surface area contributed by atoms with Gasteiger partial charge in [-0.05, 0) is 36.8 Å². The molecule has 1 aromatic heterocycles. The van der Waals surface area contributed by atoms with Crippen molar-refractivity contribution >= 4 is 23.2 Å². The van der Waals surface area contributed by atoms with Gasteiger partial charge in [0.15, 0.2) is 0 Å². The smallest absolute Gasteiger partial charge is 0.257 e. The Bertz CT molecular complexity index is 729. The summed E-state index contributed by atoms with van der Waals surface area (Å²) in [5, 5.41) is 3.45. The number of anilines is 1. The maximum absolute atomic E-state index is 12.3. The largest absolute Gasteiger partial charge is 0.322 e. The van der Waals surface area contributed by atoms with E-state index in [0.717, 1.165) is 18.4 Å². The van der Waals surface area contributed by atoms with Gasteiger partial charge in [-0.25, -0.2) is 0 Å². The average Bonchev–Trinajstić information content (AvgIpc) is 2.60. The molecule has 0 aliphatic carbocycles. The van der Waals surface area contributed by atoms with Gasteiger partial charge in [-0.15, -0.1) is 0 Å². The van der Waals surface area contributed by atoms with E-state index in [2.05, 4.69) is 29.1 Å². The van der Waals surface area contributed by atoms with Crippen LogP contribution in [-0.4, -0.2) is 10.9 Å². The van der Waals surface area contributed by atoms with Crippen molar-refractivity contribution in [3.63, 3.8) is 0 Å². The van der Waals surface area contributed by atoms with E-state index in [1.807, 2.05) is 0 Å². The molecule has 2 aromatic rings. The van der Waals surface area contributed by atoms with Crippen LogP contribution < -0.4 is 5.32 Å². The first-order chi connectivity index (χ1) is 11.7. The molecule has 0 saturated heterocycles. The third-order valence-corrected chi connectivity index (χ3v) is 3.74. The summed E-state index contributed by atoms with van der Waals surface area (Å²) in [4.78, 5) is 16.4. The Morgan fingerprint density at radius 3 is 2.71 bits per heavy atom. The minimum atomic E-state index is -0.212. The van der Waals surface area contributed by atoms with Crippen LogP contribution in [0.15, 0.2) is 42.7 Å². The highest BCUT2D eigenvalue weighted by Crippen LogP contribution is 2.14. The van der Waals surface area contributed by atoms with Gasteiger partial charge in [-0.2, -0.15) is 0 Å². The van der Waals surface area contributed by atoms with E-state index in [4.69, 9.17) is 11.6 Å². The van der Waals surface area contributed by atoms with Crippen LogP contribution in [-0.2, 0) is 0 Å². The second-order valence-corrected chi connectivity index (χ2v) is 5.97. The summed E-state index contributed by atoms with van der Waals surface area (Å²) in [6.07, 6.45) is 8.90. The topological polar surface area (TPSA) is 42.0 Å². The van der Waals surface area contributed by atoms with E-state index in [-0.39, 0.29) is 5.91 Å². The molecule has 1 aromatic carbocycles. The average molecular weight is 341 g/mol. The Balaban J connectivity index is 1.95. The van der Waals surface area contributed by atoms with Crippen molar-refractivity contribution in [3.05, 3.63) is 58.9 Å². The lowest BCUT2D eigenvalue weighted by atomic mass is 10.1. The number of carbonyl (C=O) groups is 1. The molecule has 0 aliphatic rings. The minimum absolute atomic E-state index is 0.212. The van der Waals surface area contributed by atoms with Gasteiger partial charge in [0.25, 0.3) is 5.91 Å². The van der Waals surface area contributed by atoms with Crippen molar-refractivity contribution in [1.82, 2.24) is 4.98 Å². The molecule has 4 heteroatoms. The summed E-state index contributed by atoms with van der Waals surface area (Å²) >= 11 is 5.84. The zero-order chi connectivity index (χ0) is 17.2. The molecule has 3 nitrogen and oxygen atoms in total. The third-order valence-electron chi connectivity index (χ3n) is 3.49. The second kappa shape index (κ2) is 9.75. The Kier molecular flexibility index (Phi) is 7.32. The SMILES string of the molecule is CCCCCCC#Cc1cncc(C(=O)Nc2ccc(Cl)cc2)c1. The first-order valence-electron chi connectivity index (χ1n) is 8.20. The van der Waals surface area contributed by atoms with Gasteiger partial charge in [0, 0.05) is 35.1 Å². The quantitative estimate of drug-likeness (QED) is 0.572. The Hall–Kier alpha value is -2.31. The number of hydrogen-bond acceptors (Lipinski definition) is 2. The number of amides is 1. The predicted octanol–water partition coefficient (Wildman–Crippen LogP) is 5.31. The number of unbranched alkanes of at least 4 members (excludes halogenated alkanes) is 4. The highest BCUT2D eigenvalue weighted by Gasteiger charge is 2.07. The standard InChI is InChI=1S/C20H21ClN2O/c1-2-3-4-5-6-7-8-16-13-17(15-22-14-16)20(24)23-19-11-9-18(21)10-12-19/h9-15H,2-6H2,1H3,(H,23,24). The van der Waals surface area contributed by atoms with Gasteiger partial charge < -0.3 is 5.32 Å². The molecule has 0 spiro atoms. The van der Waals surface area contributed by atoms with Crippen LogP contribution >= 0.6 is 11.6 Å². The molecule has 24 heavy (non-hydrogen) atoms. The summed E-state index contributed by atoms with van der Waals surface area (Å²) in [5.74, 6) is 6.01. The molecular weight excluding hydrogens is 320 g/mol. The lowest BCUT2D eigenvalue weighted by Crippen LogP contribution is -2.12. The first kappa shape index (κ1) is 18.0. The number of aromatic nitrogens is 1. The first-order valence-corrected chi connectivity index (χ1v) is 8.57. The minimum Gasteiger partial charge on any atom is -0.322 e. The number of benzene rings is 1. The molecule has 0 bridgehead atoms. The third kappa shape index (κ3) is 6.06. The Labute approximate surface area is 148 Å². The van der Waals surface area contributed by atoms with Crippen molar-refractivity contribution in [1.29, 1.82) is 0 Å². The fourth-order valence-corrected chi connectivity index (χ4v) is 2.30. The molecule has 0 unspecified atom stereocenters. The van der Waals surface area contributed by atoms with Crippen LogP contribution in [0.1, 0.15) is 54.9 Å². The maximum atomic E-state index is 12.3. The van der Waals surface area contributed by atoms with Gasteiger partial charge in [0.2, 0.25) is 0 Å². The molecule has 0 aliphatic heterocycles. The molecule has 2 rings (SSSR count). The van der Waals surface area contributed by atoms with Gasteiger partial charge in [-0.3, -0.25) is 9.78 Å². The van der Waals surface area contributed by atoms with E-state index < -0.39 is 0 Å². The zero-order valence-electron chi connectivity index (χ0n) is 13.8. The van der Waals surface area contributed by atoms with Gasteiger partial charge in [-0.1, -0.05) is 49.6 Å². The highest BCUT2D eigenvalue weighted by molar-refractivity contribution is 6.30. The van der Waals surface area contributed by atoms with E-state index in [1.54, 1.807) is 36.5 Å². The molecule has 0 radical (unpaired) electrons. The van der Waals surface area contributed by atoms with Crippen LogP contribution in [0.4, 0.5) is 5.69 Å². The predicted molar refractivity (Wildman–Crippen MR) is 99.3 cm³/mol. The van der Waals surface area contributed by atoms with Gasteiger partial charge in [0.05, 0.1) is 5.56 Å². The zero-order valence-corrected chi connectivity index (χ0v) is 14.6. The number of carbonyl (C=O) groups excluding carboxylic acids is 1. The number of hydrogen-bond donors (Lipinski definition) is 1. The Morgan fingerprint density at radius 1 is 1.17 bits per heavy atom. The molecule has 1 heterocycles. The fourth-order valence-electron chi connectivity index (χ4n) is 2.17. The summed E-state index contributed by atoms with van der Waals surface area (Å²) in [5.41, 5.74) is 1.94.